The Bertz CT molecular complexity index is 1720. The third-order valence-electron chi connectivity index (χ3n) is 8.70. The molecule has 2 aromatic heterocycles. The minimum atomic E-state index is -1.17. The van der Waals surface area contributed by atoms with Gasteiger partial charge in [0.15, 0.2) is 0 Å². The van der Waals surface area contributed by atoms with Crippen LogP contribution in [0.3, 0.4) is 0 Å². The number of benzene rings is 2. The average molecular weight is 676 g/mol. The molecule has 48 heavy (non-hydrogen) atoms. The maximum Gasteiger partial charge on any atom is 0.404 e. The zero-order chi connectivity index (χ0) is 34.3. The van der Waals surface area contributed by atoms with Gasteiger partial charge < -0.3 is 35.1 Å². The molecule has 0 unspecified atom stereocenters. The van der Waals surface area contributed by atoms with Gasteiger partial charge >= 0.3 is 6.09 Å². The lowest BCUT2D eigenvalue weighted by Crippen LogP contribution is -2.46. The van der Waals surface area contributed by atoms with Gasteiger partial charge in [0.2, 0.25) is 5.91 Å². The van der Waals surface area contributed by atoms with E-state index >= 15 is 0 Å². The van der Waals surface area contributed by atoms with Crippen LogP contribution < -0.4 is 10.6 Å². The van der Waals surface area contributed by atoms with E-state index in [1.807, 2.05) is 53.4 Å². The van der Waals surface area contributed by atoms with Crippen molar-refractivity contribution in [1.29, 1.82) is 0 Å². The Morgan fingerprint density at radius 2 is 1.88 bits per heavy atom. The quantitative estimate of drug-likeness (QED) is 0.133. The summed E-state index contributed by atoms with van der Waals surface area (Å²) in [5.41, 5.74) is 3.12. The van der Waals surface area contributed by atoms with Crippen molar-refractivity contribution >= 4 is 40.3 Å². The van der Waals surface area contributed by atoms with E-state index in [1.165, 1.54) is 11.3 Å². The highest BCUT2D eigenvalue weighted by molar-refractivity contribution is 7.17. The summed E-state index contributed by atoms with van der Waals surface area (Å²) in [6, 6.07) is 18.9. The lowest BCUT2D eigenvalue weighted by atomic mass is 9.95. The molecule has 3 amide bonds. The maximum absolute atomic E-state index is 13.6. The predicted molar refractivity (Wildman–Crippen MR) is 186 cm³/mol. The number of piperidine rings is 1. The third kappa shape index (κ3) is 8.80. The van der Waals surface area contributed by atoms with E-state index in [4.69, 9.17) is 9.72 Å². The van der Waals surface area contributed by atoms with Crippen molar-refractivity contribution in [2.24, 2.45) is 0 Å². The molecule has 1 fully saturated rings. The molecule has 3 heterocycles. The smallest absolute Gasteiger partial charge is 0.404 e. The number of para-hydroxylation sites is 2. The minimum absolute atomic E-state index is 0.0542. The fourth-order valence-corrected chi connectivity index (χ4v) is 7.13. The monoisotopic (exact) mass is 675 g/mol. The normalized spacial score (nSPS) is 15.8. The van der Waals surface area contributed by atoms with E-state index in [2.05, 4.69) is 21.3 Å². The van der Waals surface area contributed by atoms with Crippen LogP contribution in [-0.4, -0.2) is 87.6 Å². The number of aromatic nitrogens is 2. The van der Waals surface area contributed by atoms with Crippen molar-refractivity contribution in [2.75, 3.05) is 33.4 Å². The van der Waals surface area contributed by atoms with E-state index in [-0.39, 0.29) is 30.8 Å². The van der Waals surface area contributed by atoms with Gasteiger partial charge in [-0.1, -0.05) is 36.4 Å². The van der Waals surface area contributed by atoms with Crippen molar-refractivity contribution in [3.05, 3.63) is 76.9 Å². The number of hydrogen-bond acceptors (Lipinski definition) is 7. The second-order valence-electron chi connectivity index (χ2n) is 13.0. The molecule has 0 spiro atoms. The number of nitrogens with zero attached hydrogens (tertiary/aromatic N) is 3. The van der Waals surface area contributed by atoms with E-state index in [0.717, 1.165) is 58.7 Å². The first-order valence-corrected chi connectivity index (χ1v) is 17.2. The van der Waals surface area contributed by atoms with Crippen LogP contribution in [0.5, 0.6) is 0 Å². The standard InChI is InChI=1S/C36H45N5O6S/c1-36(2,23-42)39-34(44)31-16-15-30(48-31)25-13-11-24(12-14-25)20-27(37-35(45)46)21-32(43)40-17-6-8-26(22-40)33-38-28-9-4-5-10-29(28)41(33)18-7-19-47-3/h4-5,9-16,26-27,37,42H,6-8,17-23H2,1-3H3,(H,39,44)(H,45,46)/t26-,27-/m1/s1. The molecule has 256 valence electrons. The summed E-state index contributed by atoms with van der Waals surface area (Å²) in [5, 5.41) is 24.4. The number of rotatable bonds is 14. The molecule has 1 aliphatic rings. The maximum atomic E-state index is 13.6. The molecule has 4 aromatic rings. The molecule has 0 bridgehead atoms. The number of imidazole rings is 1. The van der Waals surface area contributed by atoms with Crippen LogP contribution in [0.2, 0.25) is 0 Å². The molecule has 2 aromatic carbocycles. The summed E-state index contributed by atoms with van der Waals surface area (Å²) in [4.78, 5) is 46.3. The van der Waals surface area contributed by atoms with E-state index in [0.29, 0.717) is 31.0 Å². The molecular weight excluding hydrogens is 630 g/mol. The molecule has 12 heteroatoms. The number of carbonyl (C=O) groups is 3. The van der Waals surface area contributed by atoms with Crippen molar-refractivity contribution in [1.82, 2.24) is 25.1 Å². The average Bonchev–Trinajstić information content (AvgIpc) is 3.71. The second kappa shape index (κ2) is 15.8. The lowest BCUT2D eigenvalue weighted by Gasteiger charge is -2.33. The van der Waals surface area contributed by atoms with Crippen LogP contribution in [-0.2, 0) is 22.5 Å². The van der Waals surface area contributed by atoms with Gasteiger partial charge in [-0.3, -0.25) is 9.59 Å². The van der Waals surface area contributed by atoms with Gasteiger partial charge in [-0.05, 0) is 74.9 Å². The minimum Gasteiger partial charge on any atom is -0.465 e. The first-order valence-electron chi connectivity index (χ1n) is 16.4. The van der Waals surface area contributed by atoms with Crippen LogP contribution in [0, 0.1) is 0 Å². The van der Waals surface area contributed by atoms with Crippen LogP contribution in [0.25, 0.3) is 21.5 Å². The molecule has 5 rings (SSSR count). The Kier molecular flexibility index (Phi) is 11.5. The Morgan fingerprint density at radius 3 is 2.60 bits per heavy atom. The Labute approximate surface area is 284 Å². The molecule has 0 saturated carbocycles. The number of methoxy groups -OCH3 is 1. The van der Waals surface area contributed by atoms with Gasteiger partial charge in [0.1, 0.15) is 5.82 Å². The van der Waals surface area contributed by atoms with Crippen molar-refractivity contribution in [3.8, 4) is 10.4 Å². The van der Waals surface area contributed by atoms with Crippen LogP contribution in [0.1, 0.15) is 66.5 Å². The van der Waals surface area contributed by atoms with Crippen molar-refractivity contribution in [3.63, 3.8) is 0 Å². The number of aliphatic hydroxyl groups is 1. The van der Waals surface area contributed by atoms with E-state index < -0.39 is 17.7 Å². The molecule has 1 aliphatic heterocycles. The molecule has 1 saturated heterocycles. The molecule has 11 nitrogen and oxygen atoms in total. The zero-order valence-corrected chi connectivity index (χ0v) is 28.6. The molecule has 0 aliphatic carbocycles. The summed E-state index contributed by atoms with van der Waals surface area (Å²) in [6.07, 6.45) is 1.88. The number of aryl methyl sites for hydroxylation is 1. The highest BCUT2D eigenvalue weighted by Gasteiger charge is 2.30. The van der Waals surface area contributed by atoms with Crippen LogP contribution >= 0.6 is 11.3 Å². The number of aliphatic hydroxyl groups excluding tert-OH is 1. The largest absolute Gasteiger partial charge is 0.465 e. The number of carboxylic acid groups (broad SMARTS) is 1. The Balaban J connectivity index is 1.24. The molecular formula is C36H45N5O6S. The first kappa shape index (κ1) is 35.1. The Hall–Kier alpha value is -4.26. The summed E-state index contributed by atoms with van der Waals surface area (Å²) >= 11 is 1.36. The number of likely N-dealkylation sites (tertiary alicyclic amines) is 1. The van der Waals surface area contributed by atoms with Crippen LogP contribution in [0.4, 0.5) is 4.79 Å². The summed E-state index contributed by atoms with van der Waals surface area (Å²) < 4.78 is 7.55. The SMILES string of the molecule is COCCCn1c([C@@H]2CCCN(C(=O)C[C@@H](Cc3ccc(-c4ccc(C(=O)NC(C)(C)CO)s4)cc3)NC(=O)O)C2)nc2ccccc21. The fourth-order valence-electron chi connectivity index (χ4n) is 6.22. The number of thiophene rings is 1. The van der Waals surface area contributed by atoms with Gasteiger partial charge in [-0.2, -0.15) is 0 Å². The summed E-state index contributed by atoms with van der Waals surface area (Å²) in [5.74, 6) is 0.750. The van der Waals surface area contributed by atoms with Gasteiger partial charge in [0.25, 0.3) is 5.91 Å². The topological polar surface area (TPSA) is 146 Å². The summed E-state index contributed by atoms with van der Waals surface area (Å²) in [6.45, 7) is 5.95. The van der Waals surface area contributed by atoms with Gasteiger partial charge in [0, 0.05) is 56.6 Å². The third-order valence-corrected chi connectivity index (χ3v) is 9.83. The van der Waals surface area contributed by atoms with Crippen molar-refractivity contribution in [2.45, 2.75) is 70.0 Å². The second-order valence-corrected chi connectivity index (χ2v) is 14.1. The van der Waals surface area contributed by atoms with Gasteiger partial charge in [-0.25, -0.2) is 9.78 Å². The van der Waals surface area contributed by atoms with Gasteiger partial charge in [-0.15, -0.1) is 11.3 Å². The number of carbonyl (C=O) groups excluding carboxylic acids is 2. The zero-order valence-electron chi connectivity index (χ0n) is 27.8. The highest BCUT2D eigenvalue weighted by atomic mass is 32.1. The number of ether oxygens (including phenoxy) is 1. The molecule has 4 N–H and O–H groups in total. The molecule has 2 atom stereocenters. The number of amides is 3. The van der Waals surface area contributed by atoms with Crippen LogP contribution in [0.15, 0.2) is 60.7 Å². The summed E-state index contributed by atoms with van der Waals surface area (Å²) in [7, 11) is 1.70. The lowest BCUT2D eigenvalue weighted by molar-refractivity contribution is -0.132. The first-order chi connectivity index (χ1) is 23.1. The van der Waals surface area contributed by atoms with Crippen molar-refractivity contribution < 1.29 is 29.3 Å². The Morgan fingerprint density at radius 1 is 1.10 bits per heavy atom. The number of fused-ring (bicyclic) bond motifs is 1. The number of nitrogens with one attached hydrogen (secondary N) is 2. The fraction of sp³-hybridized carbons (Fsp3) is 0.444. The van der Waals surface area contributed by atoms with Gasteiger partial charge in [0.05, 0.1) is 28.1 Å². The number of hydrogen-bond donors (Lipinski definition) is 4. The highest BCUT2D eigenvalue weighted by Crippen LogP contribution is 2.31. The van der Waals surface area contributed by atoms with E-state index in [9.17, 15) is 24.6 Å². The van der Waals surface area contributed by atoms with E-state index in [1.54, 1.807) is 27.0 Å². The predicted octanol–water partition coefficient (Wildman–Crippen LogP) is 5.28. The molecule has 0 radical (unpaired) electrons.